The minimum Gasteiger partial charge on any atom is -0.334 e. The van der Waals surface area contributed by atoms with Crippen molar-refractivity contribution in [2.75, 3.05) is 32.0 Å². The van der Waals surface area contributed by atoms with Crippen molar-refractivity contribution >= 4 is 17.7 Å². The molecule has 0 spiro atoms. The third kappa shape index (κ3) is 6.64. The SMILES string of the molecule is CN1CC[C@H](n2cc(Nc3nccc(-c4ccc(CNC(=O)N5CCCC5C(C)(C)C)c(C(F)(F)F)c4)n3)cn2)C1. The van der Waals surface area contributed by atoms with E-state index in [0.717, 1.165) is 38.4 Å². The highest BCUT2D eigenvalue weighted by Crippen LogP contribution is 2.36. The van der Waals surface area contributed by atoms with Crippen LogP contribution >= 0.6 is 0 Å². The lowest BCUT2D eigenvalue weighted by atomic mass is 9.85. The Balaban J connectivity index is 1.30. The van der Waals surface area contributed by atoms with Crippen molar-refractivity contribution in [3.8, 4) is 11.3 Å². The quantitative estimate of drug-likeness (QED) is 0.395. The van der Waals surface area contributed by atoms with Crippen molar-refractivity contribution in [1.82, 2.24) is 34.9 Å². The summed E-state index contributed by atoms with van der Waals surface area (Å²) in [5.41, 5.74) is 0.433. The van der Waals surface area contributed by atoms with Crippen molar-refractivity contribution in [2.45, 2.75) is 64.8 Å². The van der Waals surface area contributed by atoms with Crippen LogP contribution < -0.4 is 10.6 Å². The lowest BCUT2D eigenvalue weighted by Gasteiger charge is -2.35. The molecule has 5 rings (SSSR count). The zero-order valence-corrected chi connectivity index (χ0v) is 23.9. The standard InChI is InChI=1S/C29H37F3N8O/c1-28(2,3)25-6-5-12-39(25)27(41)34-15-20-8-7-19(14-23(20)29(30,31)32)24-9-11-33-26(37-24)36-21-16-35-40(17-21)22-10-13-38(4)18-22/h7-9,11,14,16-17,22,25H,5-6,10,12-13,15,18H2,1-4H3,(H,34,41)(H,33,36,37)/t22-,25?/m0/s1. The summed E-state index contributed by atoms with van der Waals surface area (Å²) in [4.78, 5) is 25.6. The van der Waals surface area contributed by atoms with E-state index in [9.17, 15) is 18.0 Å². The minimum absolute atomic E-state index is 0.00141. The zero-order chi connectivity index (χ0) is 29.4. The molecule has 3 aromatic rings. The van der Waals surface area contributed by atoms with Gasteiger partial charge in [0.25, 0.3) is 0 Å². The molecule has 2 amide bonds. The second-order valence-electron chi connectivity index (χ2n) is 12.1. The predicted molar refractivity (Wildman–Crippen MR) is 151 cm³/mol. The van der Waals surface area contributed by atoms with E-state index < -0.39 is 11.7 Å². The van der Waals surface area contributed by atoms with Crippen LogP contribution in [0.2, 0.25) is 0 Å². The second-order valence-corrected chi connectivity index (χ2v) is 12.1. The number of benzene rings is 1. The Morgan fingerprint density at radius 3 is 2.63 bits per heavy atom. The van der Waals surface area contributed by atoms with E-state index in [1.165, 1.54) is 12.3 Å². The molecular weight excluding hydrogens is 533 g/mol. The third-order valence-electron chi connectivity index (χ3n) is 7.91. The maximum atomic E-state index is 14.1. The van der Waals surface area contributed by atoms with Gasteiger partial charge in [0.15, 0.2) is 0 Å². The van der Waals surface area contributed by atoms with E-state index in [4.69, 9.17) is 0 Å². The second kappa shape index (κ2) is 11.3. The normalized spacial score (nSPS) is 20.0. The summed E-state index contributed by atoms with van der Waals surface area (Å²) >= 11 is 0. The van der Waals surface area contributed by atoms with Crippen LogP contribution in [0, 0.1) is 5.41 Å². The van der Waals surface area contributed by atoms with Crippen LogP contribution in [0.5, 0.6) is 0 Å². The first-order valence-electron chi connectivity index (χ1n) is 14.0. The van der Waals surface area contributed by atoms with Crippen LogP contribution in [0.1, 0.15) is 57.2 Å². The summed E-state index contributed by atoms with van der Waals surface area (Å²) in [7, 11) is 2.07. The monoisotopic (exact) mass is 570 g/mol. The van der Waals surface area contributed by atoms with Crippen LogP contribution in [-0.2, 0) is 12.7 Å². The van der Waals surface area contributed by atoms with Crippen molar-refractivity contribution in [2.24, 2.45) is 5.41 Å². The molecule has 0 bridgehead atoms. The number of likely N-dealkylation sites (N-methyl/N-ethyl adjacent to an activating group) is 1. The molecule has 41 heavy (non-hydrogen) atoms. The van der Waals surface area contributed by atoms with Gasteiger partial charge in [-0.25, -0.2) is 14.8 Å². The maximum Gasteiger partial charge on any atom is 0.416 e. The van der Waals surface area contributed by atoms with E-state index in [2.05, 4.69) is 58.4 Å². The van der Waals surface area contributed by atoms with Crippen molar-refractivity contribution < 1.29 is 18.0 Å². The Morgan fingerprint density at radius 2 is 1.93 bits per heavy atom. The Kier molecular flexibility index (Phi) is 7.95. The Hall–Kier alpha value is -3.67. The number of hydrogen-bond acceptors (Lipinski definition) is 6. The highest BCUT2D eigenvalue weighted by atomic mass is 19.4. The molecule has 2 atom stereocenters. The fourth-order valence-corrected chi connectivity index (χ4v) is 5.78. The van der Waals surface area contributed by atoms with Gasteiger partial charge in [-0.1, -0.05) is 32.9 Å². The summed E-state index contributed by atoms with van der Waals surface area (Å²) < 4.78 is 44.3. The van der Waals surface area contributed by atoms with E-state index >= 15 is 0 Å². The van der Waals surface area contributed by atoms with Gasteiger partial charge < -0.3 is 20.4 Å². The fourth-order valence-electron chi connectivity index (χ4n) is 5.78. The van der Waals surface area contributed by atoms with Gasteiger partial charge in [0.05, 0.1) is 29.2 Å². The molecule has 4 heterocycles. The van der Waals surface area contributed by atoms with Crippen LogP contribution in [0.25, 0.3) is 11.3 Å². The molecule has 2 fully saturated rings. The van der Waals surface area contributed by atoms with E-state index in [0.29, 0.717) is 29.5 Å². The molecule has 2 aromatic heterocycles. The first-order chi connectivity index (χ1) is 19.4. The van der Waals surface area contributed by atoms with Crippen molar-refractivity contribution in [3.05, 3.63) is 54.0 Å². The molecule has 0 aliphatic carbocycles. The Morgan fingerprint density at radius 1 is 1.12 bits per heavy atom. The maximum absolute atomic E-state index is 14.1. The number of aromatic nitrogens is 4. The van der Waals surface area contributed by atoms with E-state index in [-0.39, 0.29) is 35.5 Å². The van der Waals surface area contributed by atoms with Gasteiger partial charge in [0.1, 0.15) is 0 Å². The molecule has 2 saturated heterocycles. The summed E-state index contributed by atoms with van der Waals surface area (Å²) in [6.45, 7) is 8.52. The number of halogens is 3. The molecule has 2 aliphatic rings. The van der Waals surface area contributed by atoms with Gasteiger partial charge in [0.2, 0.25) is 5.95 Å². The van der Waals surface area contributed by atoms with Gasteiger partial charge >= 0.3 is 12.2 Å². The summed E-state index contributed by atoms with van der Waals surface area (Å²) in [5, 5.41) is 10.3. The number of hydrogen-bond donors (Lipinski definition) is 2. The van der Waals surface area contributed by atoms with Crippen molar-refractivity contribution in [3.63, 3.8) is 0 Å². The number of urea groups is 1. The molecule has 0 saturated carbocycles. The average molecular weight is 571 g/mol. The number of carbonyl (C=O) groups is 1. The van der Waals surface area contributed by atoms with Gasteiger partial charge in [-0.3, -0.25) is 4.68 Å². The van der Waals surface area contributed by atoms with Crippen LogP contribution in [0.15, 0.2) is 42.9 Å². The number of rotatable bonds is 6. The summed E-state index contributed by atoms with van der Waals surface area (Å²) in [6, 6.07) is 5.64. The van der Waals surface area contributed by atoms with Gasteiger partial charge in [-0.05, 0) is 56.0 Å². The molecule has 2 N–H and O–H groups in total. The van der Waals surface area contributed by atoms with Gasteiger partial charge in [-0.2, -0.15) is 18.3 Å². The third-order valence-corrected chi connectivity index (χ3v) is 7.91. The largest absolute Gasteiger partial charge is 0.416 e. The first-order valence-corrected chi connectivity index (χ1v) is 14.0. The average Bonchev–Trinajstić information content (AvgIpc) is 3.68. The van der Waals surface area contributed by atoms with Crippen molar-refractivity contribution in [1.29, 1.82) is 0 Å². The number of carbonyl (C=O) groups excluding carboxylic acids is 1. The fraction of sp³-hybridized carbons (Fsp3) is 0.517. The highest BCUT2D eigenvalue weighted by Gasteiger charge is 2.37. The van der Waals surface area contributed by atoms with Crippen LogP contribution in [0.4, 0.5) is 29.6 Å². The Bertz CT molecular complexity index is 1380. The lowest BCUT2D eigenvalue weighted by molar-refractivity contribution is -0.138. The summed E-state index contributed by atoms with van der Waals surface area (Å²) in [5.74, 6) is 0.259. The molecule has 1 aromatic carbocycles. The lowest BCUT2D eigenvalue weighted by Crippen LogP contribution is -2.47. The molecule has 12 heteroatoms. The van der Waals surface area contributed by atoms with E-state index in [1.54, 1.807) is 23.2 Å². The van der Waals surface area contributed by atoms with Gasteiger partial charge in [-0.15, -0.1) is 0 Å². The van der Waals surface area contributed by atoms with Crippen LogP contribution in [0.3, 0.4) is 0 Å². The number of likely N-dealkylation sites (tertiary alicyclic amines) is 2. The number of anilines is 2. The number of nitrogens with one attached hydrogen (secondary N) is 2. The molecule has 1 unspecified atom stereocenters. The van der Waals surface area contributed by atoms with Crippen LogP contribution in [-0.4, -0.2) is 68.3 Å². The molecule has 2 aliphatic heterocycles. The van der Waals surface area contributed by atoms with E-state index in [1.807, 2.05) is 10.9 Å². The summed E-state index contributed by atoms with van der Waals surface area (Å²) in [6.07, 6.45) is 3.25. The Labute approximate surface area is 238 Å². The molecule has 220 valence electrons. The minimum atomic E-state index is -4.60. The highest BCUT2D eigenvalue weighted by molar-refractivity contribution is 5.75. The molecule has 0 radical (unpaired) electrons. The zero-order valence-electron chi connectivity index (χ0n) is 23.9. The first kappa shape index (κ1) is 28.8. The predicted octanol–water partition coefficient (Wildman–Crippen LogP) is 5.70. The topological polar surface area (TPSA) is 91.2 Å². The number of alkyl halides is 3. The molecular formula is C29H37F3N8O. The van der Waals surface area contributed by atoms with Gasteiger partial charge in [0, 0.05) is 43.6 Å². The molecule has 9 nitrogen and oxygen atoms in total. The number of nitrogens with zero attached hydrogens (tertiary/aromatic N) is 6. The smallest absolute Gasteiger partial charge is 0.334 e. The number of amides is 2.